The van der Waals surface area contributed by atoms with Crippen LogP contribution < -0.4 is 0 Å². The molecule has 13 rings (SSSR count). The molecule has 7 heteroatoms. The normalized spacial score (nSPS) is 14.1. The number of fused-ring (bicyclic) bond motifs is 14. The molecule has 0 unspecified atom stereocenters. The molecule has 0 fully saturated rings. The molecular weight excluding hydrogens is 780 g/mol. The zero-order valence-electron chi connectivity index (χ0n) is 42.5. The van der Waals surface area contributed by atoms with Crippen LogP contribution in [0.4, 0.5) is 10.1 Å². The van der Waals surface area contributed by atoms with Crippen molar-refractivity contribution < 1.29 is 26.9 Å². The van der Waals surface area contributed by atoms with Gasteiger partial charge in [-0.15, -0.1) is 0 Å². The molecular formula is C56H29FN4O2. The summed E-state index contributed by atoms with van der Waals surface area (Å²) in [5.41, 5.74) is 3.17. The minimum atomic E-state index is -0.957. The summed E-state index contributed by atoms with van der Waals surface area (Å²) < 4.78 is 121. The molecule has 0 saturated carbocycles. The molecule has 63 heavy (non-hydrogen) atoms. The lowest BCUT2D eigenvalue weighted by atomic mass is 10.0. The first kappa shape index (κ1) is 26.3. The van der Waals surface area contributed by atoms with Gasteiger partial charge in [0.15, 0.2) is 5.82 Å². The van der Waals surface area contributed by atoms with Crippen LogP contribution in [0, 0.1) is 23.7 Å². The highest BCUT2D eigenvalue weighted by molar-refractivity contribution is 6.26. The Bertz CT molecular complexity index is 4450. The number of hydrogen-bond acceptors (Lipinski definition) is 3. The van der Waals surface area contributed by atoms with Gasteiger partial charge in [-0.05, 0) is 89.0 Å². The largest absolute Gasteiger partial charge is 0.455 e. The zero-order valence-corrected chi connectivity index (χ0v) is 32.5. The third-order valence-electron chi connectivity index (χ3n) is 12.0. The Labute approximate surface area is 371 Å². The molecule has 0 N–H and O–H groups in total. The van der Waals surface area contributed by atoms with Crippen molar-refractivity contribution in [3.8, 4) is 39.7 Å². The van der Waals surface area contributed by atoms with E-state index in [1.54, 1.807) is 57.7 Å². The lowest BCUT2D eigenvalue weighted by Gasteiger charge is -2.18. The number of para-hydroxylation sites is 2. The Morgan fingerprint density at radius 1 is 0.524 bits per heavy atom. The summed E-state index contributed by atoms with van der Waals surface area (Å²) >= 11 is 0. The summed E-state index contributed by atoms with van der Waals surface area (Å²) in [6.45, 7) is 8.50. The van der Waals surface area contributed by atoms with Gasteiger partial charge in [-0.1, -0.05) is 109 Å². The first-order chi connectivity index (χ1) is 35.2. The smallest absolute Gasteiger partial charge is 0.215 e. The maximum atomic E-state index is 18.9. The van der Waals surface area contributed by atoms with Crippen molar-refractivity contribution in [3.05, 3.63) is 198 Å². The number of benzene rings is 9. The Morgan fingerprint density at radius 2 is 1.00 bits per heavy atom. The van der Waals surface area contributed by atoms with Crippen LogP contribution in [0.2, 0.25) is 0 Å². The lowest BCUT2D eigenvalue weighted by molar-refractivity contribution is 0.614. The number of nitriles is 1. The van der Waals surface area contributed by atoms with Crippen LogP contribution in [0.15, 0.2) is 185 Å². The van der Waals surface area contributed by atoms with E-state index in [9.17, 15) is 5.26 Å². The Hall–Kier alpha value is -8.91. The van der Waals surface area contributed by atoms with Crippen molar-refractivity contribution in [2.24, 2.45) is 0 Å². The SMILES string of the molecule is [2H]c1c([2H])c([2H])c(-c2ccc3c(c2)c2c4oc5ccccc5c4ccc2n3-c2c(C#N)cc([N+]#[C-])c(-n3c4ccc(-c5c([2H])c([2H])c([2H])c([2H])c5[2H])cc4c4c5oc6ccccc6c5ccc43)c2F)c([2H])c1[2H]. The molecule has 0 spiro atoms. The molecule has 0 amide bonds. The fourth-order valence-electron chi connectivity index (χ4n) is 9.37. The molecule has 0 radical (unpaired) electrons. The number of hydrogen-bond donors (Lipinski definition) is 0. The minimum absolute atomic E-state index is 0.0427. The van der Waals surface area contributed by atoms with Crippen LogP contribution in [-0.2, 0) is 0 Å². The van der Waals surface area contributed by atoms with Crippen LogP contribution in [0.25, 0.3) is 126 Å². The average Bonchev–Trinajstić information content (AvgIpc) is 4.16. The van der Waals surface area contributed by atoms with Gasteiger partial charge in [-0.3, -0.25) is 0 Å². The standard InChI is InChI=1S/C56H29FN4O2/c1-59-43-30-36(31-58)53(60-44-24-20-34(32-12-4-2-5-13-32)28-41(44)50-46(60)26-22-39-37-16-8-10-18-48(37)62-55(39)50)52(57)54(43)61-45-25-21-35(33-14-6-3-7-15-33)29-42(45)51-47(61)27-23-40-38-17-9-11-19-49(38)63-56(40)51/h2-30H/i2D,3D,4D,5D,6D,7D,12D,13D,14D,15D. The molecule has 6 nitrogen and oxygen atoms in total. The summed E-state index contributed by atoms with van der Waals surface area (Å²) in [6, 6.07) is 30.6. The van der Waals surface area contributed by atoms with E-state index in [4.69, 9.17) is 29.1 Å². The summed E-state index contributed by atoms with van der Waals surface area (Å²) in [5.74, 6) is -0.957. The van der Waals surface area contributed by atoms with Gasteiger partial charge in [0.25, 0.3) is 0 Å². The molecule has 0 atom stereocenters. The molecule has 4 aromatic heterocycles. The second-order valence-electron chi connectivity index (χ2n) is 15.2. The first-order valence-corrected chi connectivity index (χ1v) is 19.8. The van der Waals surface area contributed by atoms with E-state index in [1.165, 1.54) is 6.07 Å². The van der Waals surface area contributed by atoms with Crippen LogP contribution >= 0.6 is 0 Å². The molecule has 13 aromatic rings. The van der Waals surface area contributed by atoms with Crippen molar-refractivity contribution in [1.29, 1.82) is 5.26 Å². The number of halogens is 1. The molecule has 0 bridgehead atoms. The van der Waals surface area contributed by atoms with E-state index >= 15 is 4.39 Å². The number of aromatic nitrogens is 2. The van der Waals surface area contributed by atoms with Gasteiger partial charge >= 0.3 is 0 Å². The van der Waals surface area contributed by atoms with Gasteiger partial charge in [0, 0.05) is 32.3 Å². The van der Waals surface area contributed by atoms with Crippen LogP contribution in [-0.4, -0.2) is 9.13 Å². The third kappa shape index (κ3) is 4.85. The number of furan rings is 2. The molecule has 292 valence electrons. The number of nitrogens with zero attached hydrogens (tertiary/aromatic N) is 4. The van der Waals surface area contributed by atoms with Crippen LogP contribution in [0.3, 0.4) is 0 Å². The summed E-state index contributed by atoms with van der Waals surface area (Å²) in [5, 5.41) is 15.9. The van der Waals surface area contributed by atoms with Gasteiger partial charge in [-0.25, -0.2) is 9.24 Å². The van der Waals surface area contributed by atoms with E-state index < -0.39 is 66.2 Å². The fourth-order valence-corrected chi connectivity index (χ4v) is 9.37. The van der Waals surface area contributed by atoms with E-state index in [-0.39, 0.29) is 44.9 Å². The average molecular weight is 819 g/mol. The van der Waals surface area contributed by atoms with Gasteiger partial charge in [-0.2, -0.15) is 5.26 Å². The first-order valence-electron chi connectivity index (χ1n) is 24.8. The molecule has 0 aliphatic carbocycles. The predicted molar refractivity (Wildman–Crippen MR) is 251 cm³/mol. The maximum absolute atomic E-state index is 18.9. The van der Waals surface area contributed by atoms with E-state index in [0.29, 0.717) is 65.9 Å². The highest BCUT2D eigenvalue weighted by atomic mass is 19.1. The maximum Gasteiger partial charge on any atom is 0.215 e. The van der Waals surface area contributed by atoms with Crippen molar-refractivity contribution in [2.45, 2.75) is 0 Å². The Kier molecular flexibility index (Phi) is 5.45. The second kappa shape index (κ2) is 13.0. The topological polar surface area (TPSA) is 64.3 Å². The molecule has 0 saturated heterocycles. The van der Waals surface area contributed by atoms with E-state index in [1.807, 2.05) is 60.7 Å². The van der Waals surface area contributed by atoms with Crippen LogP contribution in [0.1, 0.15) is 19.3 Å². The Balaban J connectivity index is 1.16. The van der Waals surface area contributed by atoms with Crippen molar-refractivity contribution in [3.63, 3.8) is 0 Å². The molecule has 0 aliphatic heterocycles. The van der Waals surface area contributed by atoms with Crippen LogP contribution in [0.5, 0.6) is 0 Å². The quantitative estimate of drug-likeness (QED) is 0.166. The minimum Gasteiger partial charge on any atom is -0.455 e. The van der Waals surface area contributed by atoms with Gasteiger partial charge in [0.05, 0.1) is 70.1 Å². The Morgan fingerprint density at radius 3 is 1.49 bits per heavy atom. The highest BCUT2D eigenvalue weighted by Gasteiger charge is 2.29. The summed E-state index contributed by atoms with van der Waals surface area (Å²) in [6.07, 6.45) is 0. The third-order valence-corrected chi connectivity index (χ3v) is 12.0. The van der Waals surface area contributed by atoms with E-state index in [0.717, 1.165) is 21.5 Å². The highest BCUT2D eigenvalue weighted by Crippen LogP contribution is 2.47. The second-order valence-corrected chi connectivity index (χ2v) is 15.2. The van der Waals surface area contributed by atoms with Crippen molar-refractivity contribution in [2.75, 3.05) is 0 Å². The van der Waals surface area contributed by atoms with Gasteiger partial charge < -0.3 is 18.0 Å². The predicted octanol–water partition coefficient (Wildman–Crippen LogP) is 15.6. The fraction of sp³-hybridized carbons (Fsp3) is 0. The summed E-state index contributed by atoms with van der Waals surface area (Å²) in [4.78, 5) is 3.82. The monoisotopic (exact) mass is 818 g/mol. The van der Waals surface area contributed by atoms with E-state index in [2.05, 4.69) is 10.9 Å². The van der Waals surface area contributed by atoms with Crippen molar-refractivity contribution >= 4 is 93.2 Å². The molecule has 0 aliphatic rings. The molecule has 4 heterocycles. The lowest BCUT2D eigenvalue weighted by Crippen LogP contribution is -2.07. The number of rotatable bonds is 4. The molecule has 9 aromatic carbocycles. The van der Waals surface area contributed by atoms with Gasteiger partial charge in [0.2, 0.25) is 5.69 Å². The zero-order chi connectivity index (χ0) is 50.6. The van der Waals surface area contributed by atoms with Gasteiger partial charge in [0.1, 0.15) is 28.4 Å². The van der Waals surface area contributed by atoms with Crippen molar-refractivity contribution in [1.82, 2.24) is 9.13 Å². The summed E-state index contributed by atoms with van der Waals surface area (Å²) in [7, 11) is 0.